The summed E-state index contributed by atoms with van der Waals surface area (Å²) in [5, 5.41) is 0. The Hall–Kier alpha value is -1.55. The van der Waals surface area contributed by atoms with Crippen molar-refractivity contribution in [2.45, 2.75) is 33.1 Å². The summed E-state index contributed by atoms with van der Waals surface area (Å²) in [4.78, 5) is 16.1. The van der Waals surface area contributed by atoms with Crippen LogP contribution in [0.2, 0.25) is 0 Å². The van der Waals surface area contributed by atoms with Gasteiger partial charge in [-0.25, -0.2) is 0 Å². The Morgan fingerprint density at radius 1 is 1.31 bits per heavy atom. The Kier molecular flexibility index (Phi) is 3.24. The molecule has 0 bridgehead atoms. The van der Waals surface area contributed by atoms with E-state index in [1.165, 1.54) is 6.92 Å². The van der Waals surface area contributed by atoms with E-state index in [4.69, 9.17) is 16.5 Å². The Balaban J connectivity index is 3.49. The molecule has 4 N–H and O–H groups in total. The van der Waals surface area contributed by atoms with Crippen molar-refractivity contribution in [1.82, 2.24) is 0 Å². The van der Waals surface area contributed by atoms with Crippen LogP contribution in [-0.2, 0) is 5.41 Å². The predicted octanol–water partition coefficient (Wildman–Crippen LogP) is 2.02. The first-order valence-electron chi connectivity index (χ1n) is 5.09. The number of hydrogen-bond acceptors (Lipinski definition) is 4. The molecule has 0 aliphatic carbocycles. The zero-order valence-electron chi connectivity index (χ0n) is 10.1. The second-order valence-corrected chi connectivity index (χ2v) is 4.87. The number of hydrogen-bond donors (Lipinski definition) is 2. The fraction of sp³-hybridized carbons (Fsp3) is 0.417. The number of carbonyl (C=O) groups is 1. The molecule has 0 aliphatic heterocycles. The fourth-order valence-electron chi connectivity index (χ4n) is 1.54. The van der Waals surface area contributed by atoms with Crippen molar-refractivity contribution < 1.29 is 9.63 Å². The van der Waals surface area contributed by atoms with Gasteiger partial charge in [0, 0.05) is 11.1 Å². The average molecular weight is 222 g/mol. The Morgan fingerprint density at radius 2 is 1.88 bits per heavy atom. The van der Waals surface area contributed by atoms with Crippen molar-refractivity contribution in [3.8, 4) is 5.75 Å². The molecule has 0 atom stereocenters. The average Bonchev–Trinajstić information content (AvgIpc) is 2.14. The van der Waals surface area contributed by atoms with Crippen LogP contribution in [-0.4, -0.2) is 5.78 Å². The summed E-state index contributed by atoms with van der Waals surface area (Å²) in [5.74, 6) is 5.62. The third kappa shape index (κ3) is 2.33. The second-order valence-electron chi connectivity index (χ2n) is 4.87. The van der Waals surface area contributed by atoms with Crippen molar-refractivity contribution in [3.05, 3.63) is 23.3 Å². The highest BCUT2D eigenvalue weighted by Gasteiger charge is 2.22. The lowest BCUT2D eigenvalue weighted by Gasteiger charge is -2.23. The molecule has 0 unspecified atom stereocenters. The van der Waals surface area contributed by atoms with Crippen LogP contribution in [0.5, 0.6) is 5.75 Å². The van der Waals surface area contributed by atoms with Crippen molar-refractivity contribution in [1.29, 1.82) is 0 Å². The first-order chi connectivity index (χ1) is 7.27. The molecule has 0 amide bonds. The smallest absolute Gasteiger partial charge is 0.173 e. The van der Waals surface area contributed by atoms with Crippen molar-refractivity contribution in [2.24, 2.45) is 5.90 Å². The lowest BCUT2D eigenvalue weighted by molar-refractivity contribution is 0.101. The predicted molar refractivity (Wildman–Crippen MR) is 64.4 cm³/mol. The van der Waals surface area contributed by atoms with Crippen LogP contribution in [0, 0.1) is 0 Å². The minimum atomic E-state index is -0.186. The molecule has 0 aromatic heterocycles. The van der Waals surface area contributed by atoms with E-state index in [-0.39, 0.29) is 11.2 Å². The number of nitrogens with two attached hydrogens (primary N) is 2. The van der Waals surface area contributed by atoms with E-state index in [2.05, 4.69) is 0 Å². The van der Waals surface area contributed by atoms with Gasteiger partial charge >= 0.3 is 0 Å². The Labute approximate surface area is 95.5 Å². The third-order valence-corrected chi connectivity index (χ3v) is 2.45. The van der Waals surface area contributed by atoms with Crippen LogP contribution >= 0.6 is 0 Å². The molecule has 0 saturated heterocycles. The minimum Gasteiger partial charge on any atom is -0.409 e. The highest BCUT2D eigenvalue weighted by atomic mass is 16.6. The Morgan fingerprint density at radius 3 is 2.25 bits per heavy atom. The van der Waals surface area contributed by atoms with E-state index in [1.807, 2.05) is 20.8 Å². The highest BCUT2D eigenvalue weighted by Crippen LogP contribution is 2.36. The SMILES string of the molecule is CC(=O)c1cc(N)c(ON)c(C(C)(C)C)c1. The normalized spacial score (nSPS) is 11.3. The molecule has 0 fully saturated rings. The fourth-order valence-corrected chi connectivity index (χ4v) is 1.54. The van der Waals surface area contributed by atoms with E-state index in [0.717, 1.165) is 5.56 Å². The molecule has 0 aliphatic rings. The summed E-state index contributed by atoms with van der Waals surface area (Å²) in [5.41, 5.74) is 7.42. The van der Waals surface area contributed by atoms with E-state index in [9.17, 15) is 4.79 Å². The summed E-state index contributed by atoms with van der Waals surface area (Å²) >= 11 is 0. The molecular weight excluding hydrogens is 204 g/mol. The number of ketones is 1. The molecule has 1 aromatic rings. The molecule has 4 heteroatoms. The van der Waals surface area contributed by atoms with Gasteiger partial charge in [0.1, 0.15) is 0 Å². The van der Waals surface area contributed by atoms with E-state index in [1.54, 1.807) is 12.1 Å². The number of benzene rings is 1. The van der Waals surface area contributed by atoms with Gasteiger partial charge in [0.25, 0.3) is 0 Å². The molecule has 0 radical (unpaired) electrons. The molecule has 88 valence electrons. The monoisotopic (exact) mass is 222 g/mol. The second kappa shape index (κ2) is 4.14. The topological polar surface area (TPSA) is 78.3 Å². The van der Waals surface area contributed by atoms with E-state index >= 15 is 0 Å². The maximum absolute atomic E-state index is 11.3. The maximum atomic E-state index is 11.3. The van der Waals surface area contributed by atoms with Gasteiger partial charge < -0.3 is 10.6 Å². The van der Waals surface area contributed by atoms with Crippen LogP contribution in [0.3, 0.4) is 0 Å². The highest BCUT2D eigenvalue weighted by molar-refractivity contribution is 5.95. The number of nitrogen functional groups attached to an aromatic ring is 1. The van der Waals surface area contributed by atoms with Gasteiger partial charge in [0.15, 0.2) is 11.5 Å². The lowest BCUT2D eigenvalue weighted by atomic mass is 9.84. The molecule has 0 heterocycles. The summed E-state index contributed by atoms with van der Waals surface area (Å²) in [6.07, 6.45) is 0. The van der Waals surface area contributed by atoms with Crippen LogP contribution < -0.4 is 16.5 Å². The zero-order chi connectivity index (χ0) is 12.5. The molecule has 0 saturated carbocycles. The number of Topliss-reactive ketones (excluding diaryl/α,β-unsaturated/α-hetero) is 1. The first-order valence-corrected chi connectivity index (χ1v) is 5.09. The summed E-state index contributed by atoms with van der Waals surface area (Å²) in [6.45, 7) is 7.53. The van der Waals surface area contributed by atoms with Gasteiger partial charge in [0.2, 0.25) is 0 Å². The summed E-state index contributed by atoms with van der Waals surface area (Å²) in [6, 6.07) is 3.36. The number of rotatable bonds is 2. The van der Waals surface area contributed by atoms with Crippen LogP contribution in [0.15, 0.2) is 12.1 Å². The van der Waals surface area contributed by atoms with Crippen LogP contribution in [0.25, 0.3) is 0 Å². The molecule has 1 rings (SSSR count). The van der Waals surface area contributed by atoms with Crippen molar-refractivity contribution in [3.63, 3.8) is 0 Å². The van der Waals surface area contributed by atoms with Gasteiger partial charge in [-0.1, -0.05) is 20.8 Å². The largest absolute Gasteiger partial charge is 0.409 e. The minimum absolute atomic E-state index is 0.0271. The van der Waals surface area contributed by atoms with Gasteiger partial charge in [0.05, 0.1) is 5.69 Å². The first kappa shape index (κ1) is 12.5. The van der Waals surface area contributed by atoms with Gasteiger partial charge in [-0.2, -0.15) is 5.90 Å². The maximum Gasteiger partial charge on any atom is 0.173 e. The Bertz CT molecular complexity index is 420. The molecule has 0 spiro atoms. The van der Waals surface area contributed by atoms with Crippen LogP contribution in [0.4, 0.5) is 5.69 Å². The molecule has 1 aromatic carbocycles. The molecular formula is C12H18N2O2. The van der Waals surface area contributed by atoms with E-state index < -0.39 is 0 Å². The van der Waals surface area contributed by atoms with Crippen molar-refractivity contribution >= 4 is 11.5 Å². The number of anilines is 1. The van der Waals surface area contributed by atoms with Gasteiger partial charge in [-0.05, 0) is 24.5 Å². The summed E-state index contributed by atoms with van der Waals surface area (Å²) in [7, 11) is 0. The van der Waals surface area contributed by atoms with E-state index in [0.29, 0.717) is 17.0 Å². The van der Waals surface area contributed by atoms with Crippen molar-refractivity contribution in [2.75, 3.05) is 5.73 Å². The zero-order valence-corrected chi connectivity index (χ0v) is 10.1. The number of carbonyl (C=O) groups excluding carboxylic acids is 1. The standard InChI is InChI=1S/C12H18N2O2/c1-7(15)8-5-9(12(2,3)4)11(16-14)10(13)6-8/h5-6H,13-14H2,1-4H3. The van der Waals surface area contributed by atoms with Gasteiger partial charge in [-0.15, -0.1) is 0 Å². The summed E-state index contributed by atoms with van der Waals surface area (Å²) < 4.78 is 0. The molecule has 4 nitrogen and oxygen atoms in total. The third-order valence-electron chi connectivity index (χ3n) is 2.45. The van der Waals surface area contributed by atoms with Gasteiger partial charge in [-0.3, -0.25) is 4.79 Å². The quantitative estimate of drug-likeness (QED) is 0.456. The van der Waals surface area contributed by atoms with Crippen LogP contribution in [0.1, 0.15) is 43.6 Å². The lowest BCUT2D eigenvalue weighted by Crippen LogP contribution is -2.18. The molecule has 16 heavy (non-hydrogen) atoms.